The van der Waals surface area contributed by atoms with Gasteiger partial charge in [0.25, 0.3) is 0 Å². The maximum absolute atomic E-state index is 12.1. The zero-order chi connectivity index (χ0) is 16.2. The van der Waals surface area contributed by atoms with Gasteiger partial charge in [-0.25, -0.2) is 0 Å². The minimum absolute atomic E-state index is 0.0400. The summed E-state index contributed by atoms with van der Waals surface area (Å²) in [5, 5.41) is 16.7. The smallest absolute Gasteiger partial charge is 0.220 e. The number of carbonyl (C=O) groups is 1. The first kappa shape index (κ1) is 16.3. The fraction of sp³-hybridized carbons (Fsp3) is 0.611. The third-order valence-corrected chi connectivity index (χ3v) is 5.02. The second-order valence-corrected chi connectivity index (χ2v) is 6.78. The van der Waals surface area contributed by atoms with Crippen molar-refractivity contribution in [2.45, 2.75) is 50.3 Å². The van der Waals surface area contributed by atoms with Crippen LogP contribution in [0.2, 0.25) is 0 Å². The highest BCUT2D eigenvalue weighted by Gasteiger charge is 2.34. The number of rotatable bonds is 6. The average molecular weight is 318 g/mol. The predicted molar refractivity (Wildman–Crippen MR) is 88.3 cm³/mol. The molecule has 0 saturated carbocycles. The summed E-state index contributed by atoms with van der Waals surface area (Å²) in [6.45, 7) is 0.240. The zero-order valence-corrected chi connectivity index (χ0v) is 13.6. The molecule has 3 unspecified atom stereocenters. The van der Waals surface area contributed by atoms with E-state index in [4.69, 9.17) is 4.74 Å². The fourth-order valence-corrected chi connectivity index (χ4v) is 3.85. The molecule has 1 aromatic rings. The largest absolute Gasteiger partial charge is 0.497 e. The average Bonchev–Trinajstić information content (AvgIpc) is 2.91. The van der Waals surface area contributed by atoms with Gasteiger partial charge in [0.2, 0.25) is 5.91 Å². The number of hydrogen-bond acceptors (Lipinski definition) is 4. The van der Waals surface area contributed by atoms with Gasteiger partial charge in [0.15, 0.2) is 0 Å². The quantitative estimate of drug-likeness (QED) is 0.747. The maximum Gasteiger partial charge on any atom is 0.220 e. The van der Waals surface area contributed by atoms with Crippen molar-refractivity contribution in [3.05, 3.63) is 29.8 Å². The lowest BCUT2D eigenvalue weighted by Gasteiger charge is -2.28. The van der Waals surface area contributed by atoms with Gasteiger partial charge in [0, 0.05) is 25.0 Å². The molecule has 3 rings (SSSR count). The van der Waals surface area contributed by atoms with E-state index in [-0.39, 0.29) is 12.5 Å². The molecule has 2 saturated heterocycles. The summed E-state index contributed by atoms with van der Waals surface area (Å²) in [7, 11) is 1.60. The van der Waals surface area contributed by atoms with Crippen molar-refractivity contribution in [1.29, 1.82) is 0 Å². The second kappa shape index (κ2) is 7.32. The highest BCUT2D eigenvalue weighted by molar-refractivity contribution is 5.76. The number of fused-ring (bicyclic) bond motifs is 2. The molecule has 0 spiro atoms. The van der Waals surface area contributed by atoms with Gasteiger partial charge >= 0.3 is 0 Å². The van der Waals surface area contributed by atoms with Crippen molar-refractivity contribution in [1.82, 2.24) is 10.6 Å². The Balaban J connectivity index is 1.45. The summed E-state index contributed by atoms with van der Waals surface area (Å²) >= 11 is 0. The van der Waals surface area contributed by atoms with E-state index < -0.39 is 6.10 Å². The van der Waals surface area contributed by atoms with Crippen molar-refractivity contribution in [2.24, 2.45) is 5.92 Å². The number of benzene rings is 1. The highest BCUT2D eigenvalue weighted by atomic mass is 16.5. The first-order valence-electron chi connectivity index (χ1n) is 8.49. The summed E-state index contributed by atoms with van der Waals surface area (Å²) in [6.07, 6.45) is 4.55. The predicted octanol–water partition coefficient (Wildman–Crippen LogP) is 1.77. The van der Waals surface area contributed by atoms with Crippen LogP contribution >= 0.6 is 0 Å². The minimum Gasteiger partial charge on any atom is -0.497 e. The van der Waals surface area contributed by atoms with Gasteiger partial charge in [-0.15, -0.1) is 0 Å². The number of ether oxygens (including phenoxy) is 1. The third-order valence-electron chi connectivity index (χ3n) is 5.02. The molecule has 2 aliphatic rings. The van der Waals surface area contributed by atoms with E-state index >= 15 is 0 Å². The summed E-state index contributed by atoms with van der Waals surface area (Å²) in [5.74, 6) is 1.22. The first-order chi connectivity index (χ1) is 11.1. The normalized spacial score (nSPS) is 27.5. The first-order valence-corrected chi connectivity index (χ1v) is 8.49. The molecule has 0 radical (unpaired) electrons. The zero-order valence-electron chi connectivity index (χ0n) is 13.6. The van der Waals surface area contributed by atoms with Crippen LogP contribution in [0.5, 0.6) is 5.75 Å². The molecule has 3 N–H and O–H groups in total. The van der Waals surface area contributed by atoms with E-state index in [9.17, 15) is 9.90 Å². The van der Waals surface area contributed by atoms with Crippen LogP contribution in [0.4, 0.5) is 0 Å². The van der Waals surface area contributed by atoms with Crippen LogP contribution in [-0.4, -0.2) is 36.8 Å². The Morgan fingerprint density at radius 3 is 2.83 bits per heavy atom. The van der Waals surface area contributed by atoms with Gasteiger partial charge in [0.05, 0.1) is 13.2 Å². The number of carbonyl (C=O) groups excluding carboxylic acids is 1. The lowest BCUT2D eigenvalue weighted by atomic mass is 9.89. The Kier molecular flexibility index (Phi) is 5.18. The standard InChI is InChI=1S/C18H26N2O3/c1-23-16-4-2-3-13(10-16)17(21)11-19-18(22)9-12-7-14-5-6-15(8-12)20-14/h2-4,10,12,14-15,17,20-21H,5-9,11H2,1H3,(H,19,22). The van der Waals surface area contributed by atoms with Crippen molar-refractivity contribution < 1.29 is 14.6 Å². The molecule has 23 heavy (non-hydrogen) atoms. The molecule has 5 heteroatoms. The summed E-state index contributed by atoms with van der Waals surface area (Å²) in [5.41, 5.74) is 0.754. The summed E-state index contributed by atoms with van der Waals surface area (Å²) in [6, 6.07) is 8.51. The van der Waals surface area contributed by atoms with E-state index in [1.165, 1.54) is 12.8 Å². The number of aliphatic hydroxyl groups excluding tert-OH is 1. The minimum atomic E-state index is -0.710. The van der Waals surface area contributed by atoms with E-state index in [1.807, 2.05) is 18.2 Å². The second-order valence-electron chi connectivity index (χ2n) is 6.78. The van der Waals surface area contributed by atoms with Crippen LogP contribution in [-0.2, 0) is 4.79 Å². The summed E-state index contributed by atoms with van der Waals surface area (Å²) in [4.78, 5) is 12.1. The maximum atomic E-state index is 12.1. The number of aliphatic hydroxyl groups is 1. The molecule has 5 nitrogen and oxygen atoms in total. The van der Waals surface area contributed by atoms with Crippen molar-refractivity contribution in [2.75, 3.05) is 13.7 Å². The molecule has 2 fully saturated rings. The van der Waals surface area contributed by atoms with Gasteiger partial charge in [-0.3, -0.25) is 4.79 Å². The highest BCUT2D eigenvalue weighted by Crippen LogP contribution is 2.32. The number of hydrogen-bond donors (Lipinski definition) is 3. The van der Waals surface area contributed by atoms with E-state index in [0.29, 0.717) is 30.2 Å². The Bertz CT molecular complexity index is 537. The molecule has 0 aromatic heterocycles. The Hall–Kier alpha value is -1.59. The van der Waals surface area contributed by atoms with Gasteiger partial charge < -0.3 is 20.5 Å². The molecule has 1 aromatic carbocycles. The molecule has 126 valence electrons. The Labute approximate surface area is 137 Å². The molecular weight excluding hydrogens is 292 g/mol. The molecule has 2 aliphatic heterocycles. The summed E-state index contributed by atoms with van der Waals surface area (Å²) < 4.78 is 5.15. The lowest BCUT2D eigenvalue weighted by Crippen LogP contribution is -2.40. The van der Waals surface area contributed by atoms with Gasteiger partial charge in [-0.1, -0.05) is 12.1 Å². The van der Waals surface area contributed by atoms with E-state index in [1.54, 1.807) is 13.2 Å². The fourth-order valence-electron chi connectivity index (χ4n) is 3.85. The number of nitrogens with one attached hydrogen (secondary N) is 2. The van der Waals surface area contributed by atoms with Gasteiger partial charge in [-0.2, -0.15) is 0 Å². The number of piperidine rings is 1. The van der Waals surface area contributed by atoms with Gasteiger partial charge in [0.1, 0.15) is 5.75 Å². The molecule has 2 bridgehead atoms. The molecule has 0 aliphatic carbocycles. The van der Waals surface area contributed by atoms with Crippen LogP contribution in [0.15, 0.2) is 24.3 Å². The van der Waals surface area contributed by atoms with Crippen molar-refractivity contribution in [3.63, 3.8) is 0 Å². The SMILES string of the molecule is COc1cccc(C(O)CNC(=O)CC2CC3CCC(C2)N3)c1. The van der Waals surface area contributed by atoms with Crippen LogP contribution < -0.4 is 15.4 Å². The Morgan fingerprint density at radius 1 is 1.39 bits per heavy atom. The van der Waals surface area contributed by atoms with Crippen molar-refractivity contribution >= 4 is 5.91 Å². The van der Waals surface area contributed by atoms with Gasteiger partial charge in [-0.05, 0) is 49.3 Å². The van der Waals surface area contributed by atoms with E-state index in [0.717, 1.165) is 18.4 Å². The Morgan fingerprint density at radius 2 is 2.13 bits per heavy atom. The molecule has 2 heterocycles. The van der Waals surface area contributed by atoms with Crippen LogP contribution in [0.25, 0.3) is 0 Å². The van der Waals surface area contributed by atoms with Crippen LogP contribution in [0.1, 0.15) is 43.8 Å². The molecular formula is C18H26N2O3. The third kappa shape index (κ3) is 4.24. The number of methoxy groups -OCH3 is 1. The topological polar surface area (TPSA) is 70.6 Å². The lowest BCUT2D eigenvalue weighted by molar-refractivity contribution is -0.122. The number of amides is 1. The van der Waals surface area contributed by atoms with E-state index in [2.05, 4.69) is 10.6 Å². The monoisotopic (exact) mass is 318 g/mol. The van der Waals surface area contributed by atoms with Crippen LogP contribution in [0, 0.1) is 5.92 Å². The molecule has 1 amide bonds. The van der Waals surface area contributed by atoms with Crippen molar-refractivity contribution in [3.8, 4) is 5.75 Å². The van der Waals surface area contributed by atoms with Crippen LogP contribution in [0.3, 0.4) is 0 Å². The molecule has 3 atom stereocenters.